The lowest BCUT2D eigenvalue weighted by molar-refractivity contribution is -0.182. The van der Waals surface area contributed by atoms with Crippen LogP contribution in [0.1, 0.15) is 79.8 Å². The van der Waals surface area contributed by atoms with Gasteiger partial charge in [0.1, 0.15) is 17.3 Å². The Balaban J connectivity index is 1.61. The molecule has 4 aromatic rings. The summed E-state index contributed by atoms with van der Waals surface area (Å²) in [4.78, 5) is 71.9. The van der Waals surface area contributed by atoms with Crippen molar-refractivity contribution < 1.29 is 47.6 Å². The third kappa shape index (κ3) is 9.36. The smallest absolute Gasteiger partial charge is 0.425 e. The van der Waals surface area contributed by atoms with E-state index in [0.29, 0.717) is 10.6 Å². The van der Waals surface area contributed by atoms with Gasteiger partial charge < -0.3 is 28.4 Å². The van der Waals surface area contributed by atoms with Crippen molar-refractivity contribution in [2.24, 2.45) is 5.41 Å². The van der Waals surface area contributed by atoms with Crippen LogP contribution in [0, 0.1) is 17.8 Å². The van der Waals surface area contributed by atoms with Crippen molar-refractivity contribution in [2.45, 2.75) is 104 Å². The Morgan fingerprint density at radius 1 is 1.04 bits per heavy atom. The van der Waals surface area contributed by atoms with Crippen LogP contribution in [0.3, 0.4) is 0 Å². The first kappa shape index (κ1) is 43.0. The minimum Gasteiger partial charge on any atom is -0.464 e. The van der Waals surface area contributed by atoms with Gasteiger partial charge in [0.2, 0.25) is 10.9 Å². The number of fused-ring (bicyclic) bond motifs is 1. The molecule has 2 amide bonds. The predicted octanol–water partition coefficient (Wildman–Crippen LogP) is 6.80. The van der Waals surface area contributed by atoms with Crippen molar-refractivity contribution in [3.05, 3.63) is 64.1 Å². The first-order chi connectivity index (χ1) is 26.7. The highest BCUT2D eigenvalue weighted by Gasteiger charge is 2.58. The zero-order valence-corrected chi connectivity index (χ0v) is 34.7. The summed E-state index contributed by atoms with van der Waals surface area (Å²) in [6.07, 6.45) is 1.83. The van der Waals surface area contributed by atoms with Crippen LogP contribution < -0.4 is 4.90 Å². The van der Waals surface area contributed by atoms with Gasteiger partial charge in [-0.2, -0.15) is 14.9 Å². The maximum atomic E-state index is 13.9. The van der Waals surface area contributed by atoms with Crippen LogP contribution in [0.25, 0.3) is 11.2 Å². The van der Waals surface area contributed by atoms with Gasteiger partial charge in [-0.25, -0.2) is 24.4 Å². The molecule has 4 heterocycles. The number of thiazole rings is 1. The van der Waals surface area contributed by atoms with Gasteiger partial charge in [0.05, 0.1) is 36.2 Å². The van der Waals surface area contributed by atoms with E-state index in [-0.39, 0.29) is 41.9 Å². The maximum absolute atomic E-state index is 13.9. The predicted molar refractivity (Wildman–Crippen MR) is 208 cm³/mol. The lowest BCUT2D eigenvalue weighted by Crippen LogP contribution is -2.47. The zero-order valence-electron chi connectivity index (χ0n) is 33.1. The van der Waals surface area contributed by atoms with Crippen LogP contribution >= 0.6 is 22.9 Å². The Bertz CT molecular complexity index is 2120. The molecule has 1 fully saturated rings. The van der Waals surface area contributed by atoms with Gasteiger partial charge in [0.25, 0.3) is 0 Å². The second-order valence-corrected chi connectivity index (χ2v) is 16.4. The molecule has 1 aliphatic heterocycles. The van der Waals surface area contributed by atoms with Crippen molar-refractivity contribution in [2.75, 3.05) is 18.1 Å². The quantitative estimate of drug-likeness (QED) is 0.0666. The molecule has 0 bridgehead atoms. The topological polar surface area (TPSA) is 183 Å². The number of amides is 2. The number of aromatic nitrogens is 5. The van der Waals surface area contributed by atoms with Crippen molar-refractivity contribution >= 4 is 64.0 Å². The minimum atomic E-state index is -1.73. The maximum Gasteiger partial charge on any atom is 0.425 e. The molecule has 0 spiro atoms. The number of esters is 2. The van der Waals surface area contributed by atoms with Gasteiger partial charge in [0, 0.05) is 18.7 Å². The summed E-state index contributed by atoms with van der Waals surface area (Å²) in [5.41, 5.74) is -2.62. The first-order valence-corrected chi connectivity index (χ1v) is 19.3. The first-order valence-electron chi connectivity index (χ1n) is 17.9. The fourth-order valence-corrected chi connectivity index (χ4v) is 6.89. The summed E-state index contributed by atoms with van der Waals surface area (Å²) < 4.78 is 37.1. The molecule has 304 valence electrons. The SMILES string of the molecule is C#C[C@@]1(C)[C@@H](COC(Cc2ccccc2)(C(=O)OCC)c2cscn2)O[C@@H](n2cnc3c(N(C(=O)OC(C)(C)C)C(=O)OC(C)(C)C)nc(Cl)nc32)[C@@H]1OC(C)=O. The van der Waals surface area contributed by atoms with Crippen LogP contribution in [0.2, 0.25) is 5.28 Å². The van der Waals surface area contributed by atoms with Crippen molar-refractivity contribution in [1.82, 2.24) is 24.5 Å². The second kappa shape index (κ2) is 16.8. The molecule has 57 heavy (non-hydrogen) atoms. The van der Waals surface area contributed by atoms with Crippen molar-refractivity contribution in [3.63, 3.8) is 0 Å². The van der Waals surface area contributed by atoms with Gasteiger partial charge in [-0.1, -0.05) is 36.3 Å². The van der Waals surface area contributed by atoms with E-state index >= 15 is 0 Å². The Labute approximate surface area is 339 Å². The van der Waals surface area contributed by atoms with Crippen LogP contribution in [-0.2, 0) is 50.0 Å². The number of nitrogens with zero attached hydrogens (tertiary/aromatic N) is 6. The molecule has 18 heteroatoms. The summed E-state index contributed by atoms with van der Waals surface area (Å²) in [6, 6.07) is 9.24. The molecule has 0 N–H and O–H groups in total. The Morgan fingerprint density at radius 2 is 1.68 bits per heavy atom. The van der Waals surface area contributed by atoms with Gasteiger partial charge in [-0.3, -0.25) is 9.36 Å². The molecular weight excluding hydrogens is 780 g/mol. The Hall–Kier alpha value is -5.15. The zero-order chi connectivity index (χ0) is 41.9. The molecule has 1 aromatic carbocycles. The van der Waals surface area contributed by atoms with Crippen molar-refractivity contribution in [3.8, 4) is 12.3 Å². The average Bonchev–Trinajstić information content (AvgIpc) is 3.85. The molecule has 5 rings (SSSR count). The molecular formula is C39H45ClN6O10S. The fraction of sp³-hybridized carbons (Fsp3) is 0.487. The minimum absolute atomic E-state index is 0.0300. The highest BCUT2D eigenvalue weighted by Crippen LogP contribution is 2.47. The second-order valence-electron chi connectivity index (χ2n) is 15.3. The standard InChI is InChI=1S/C39H45ClN6O10S/c1-11-38(10)26(19-52-39(32(48)51-12-2,25-20-57-22-42-25)18-24-16-14-13-15-17-24)54-31(28(38)53-23(3)47)45-21-41-27-29(45)43-33(40)44-30(27)46(34(49)55-36(4,5)6)35(50)56-37(7,8)9/h1,13-17,20-22,26,28,31H,12,18-19H2,2-10H3/t26-,28+,31-,38+,39?/m1/s1. The average molecular weight is 825 g/mol. The van der Waals surface area contributed by atoms with E-state index in [1.54, 1.807) is 66.3 Å². The van der Waals surface area contributed by atoms with Crippen LogP contribution in [0.5, 0.6) is 0 Å². The van der Waals surface area contributed by atoms with Crippen molar-refractivity contribution in [1.29, 1.82) is 0 Å². The summed E-state index contributed by atoms with van der Waals surface area (Å²) in [6.45, 7) is 14.1. The summed E-state index contributed by atoms with van der Waals surface area (Å²) in [5.74, 6) is 1.04. The largest absolute Gasteiger partial charge is 0.464 e. The number of imidazole rings is 1. The number of ether oxygens (including phenoxy) is 6. The number of imide groups is 1. The highest BCUT2D eigenvalue weighted by atomic mass is 35.5. The fourth-order valence-electron chi connectivity index (χ4n) is 6.11. The van der Waals surface area contributed by atoms with E-state index in [2.05, 4.69) is 25.9 Å². The van der Waals surface area contributed by atoms with E-state index in [9.17, 15) is 19.2 Å². The number of carbonyl (C=O) groups is 4. The lowest BCUT2D eigenvalue weighted by atomic mass is 9.81. The molecule has 1 saturated heterocycles. The number of halogens is 1. The Kier molecular flexibility index (Phi) is 12.6. The summed E-state index contributed by atoms with van der Waals surface area (Å²) in [7, 11) is 0. The van der Waals surface area contributed by atoms with Crippen LogP contribution in [-0.4, -0.2) is 85.3 Å². The monoisotopic (exact) mass is 824 g/mol. The third-order valence-corrected chi connectivity index (χ3v) is 9.42. The van der Waals surface area contributed by atoms with E-state index in [4.69, 9.17) is 46.4 Å². The highest BCUT2D eigenvalue weighted by molar-refractivity contribution is 7.07. The molecule has 0 radical (unpaired) electrons. The van der Waals surface area contributed by atoms with E-state index in [0.717, 1.165) is 5.56 Å². The number of hydrogen-bond donors (Lipinski definition) is 0. The molecule has 3 aromatic heterocycles. The van der Waals surface area contributed by atoms with Gasteiger partial charge in [0.15, 0.2) is 29.3 Å². The van der Waals surface area contributed by atoms with Gasteiger partial charge >= 0.3 is 24.1 Å². The van der Waals surface area contributed by atoms with E-state index < -0.39 is 64.8 Å². The third-order valence-electron chi connectivity index (χ3n) is 8.67. The number of anilines is 1. The molecule has 1 aliphatic rings. The van der Waals surface area contributed by atoms with E-state index in [1.807, 2.05) is 30.3 Å². The molecule has 16 nitrogen and oxygen atoms in total. The van der Waals surface area contributed by atoms with Crippen LogP contribution in [0.4, 0.5) is 15.4 Å². The number of terminal acetylenes is 1. The Morgan fingerprint density at radius 3 is 2.23 bits per heavy atom. The van der Waals surface area contributed by atoms with Crippen LogP contribution in [0.15, 0.2) is 47.5 Å². The molecule has 5 atom stereocenters. The molecule has 0 aliphatic carbocycles. The van der Waals surface area contributed by atoms with Gasteiger partial charge in [-0.05, 0) is 72.6 Å². The normalized spacial score (nSPS) is 20.6. The van der Waals surface area contributed by atoms with E-state index in [1.165, 1.54) is 29.2 Å². The molecule has 1 unspecified atom stereocenters. The number of hydrogen-bond acceptors (Lipinski definition) is 15. The number of carbonyl (C=O) groups excluding carboxylic acids is 4. The number of benzene rings is 1. The summed E-state index contributed by atoms with van der Waals surface area (Å²) >= 11 is 7.74. The summed E-state index contributed by atoms with van der Waals surface area (Å²) in [5, 5.41) is 1.32. The van der Waals surface area contributed by atoms with Gasteiger partial charge in [-0.15, -0.1) is 17.8 Å². The lowest BCUT2D eigenvalue weighted by Gasteiger charge is -2.34. The number of rotatable bonds is 11. The molecule has 0 saturated carbocycles.